The number of aliphatic carboxylic acids is 1. The Balaban J connectivity index is 2.80. The second-order valence-electron chi connectivity index (χ2n) is 7.31. The molecule has 11 nitrogen and oxygen atoms in total. The highest BCUT2D eigenvalue weighted by atomic mass is 16.4. The molecule has 0 aliphatic rings. The molecule has 8 N–H and O–H groups in total. The second-order valence-corrected chi connectivity index (χ2v) is 7.31. The van der Waals surface area contributed by atoms with Crippen LogP contribution >= 0.6 is 0 Å². The second kappa shape index (κ2) is 12.0. The molecule has 6 atom stereocenters. The summed E-state index contributed by atoms with van der Waals surface area (Å²) in [7, 11) is 0. The SMILES string of the molecule is CC(NC(=O)C(N)C(C)O)C(=O)NC(C(=O)NC(Cc1ccccc1)C(=O)O)C(C)O. The summed E-state index contributed by atoms with van der Waals surface area (Å²) < 4.78 is 0. The summed E-state index contributed by atoms with van der Waals surface area (Å²) >= 11 is 0. The van der Waals surface area contributed by atoms with Crippen LogP contribution in [0.2, 0.25) is 0 Å². The highest BCUT2D eigenvalue weighted by Gasteiger charge is 2.31. The van der Waals surface area contributed by atoms with Gasteiger partial charge in [0.15, 0.2) is 0 Å². The number of carbonyl (C=O) groups excluding carboxylic acids is 3. The summed E-state index contributed by atoms with van der Waals surface area (Å²) in [5, 5.41) is 35.6. The first kappa shape index (κ1) is 26.0. The zero-order valence-electron chi connectivity index (χ0n) is 17.6. The van der Waals surface area contributed by atoms with Gasteiger partial charge in [0.25, 0.3) is 0 Å². The molecule has 0 spiro atoms. The molecule has 0 radical (unpaired) electrons. The maximum atomic E-state index is 12.6. The van der Waals surface area contributed by atoms with Gasteiger partial charge in [-0.1, -0.05) is 30.3 Å². The molecule has 0 aliphatic carbocycles. The van der Waals surface area contributed by atoms with Crippen LogP contribution in [0.4, 0.5) is 0 Å². The van der Waals surface area contributed by atoms with E-state index in [0.717, 1.165) is 0 Å². The lowest BCUT2D eigenvalue weighted by molar-refractivity contribution is -0.143. The van der Waals surface area contributed by atoms with Gasteiger partial charge in [0.05, 0.1) is 12.2 Å². The zero-order valence-corrected chi connectivity index (χ0v) is 17.6. The average Bonchev–Trinajstić information content (AvgIpc) is 2.70. The van der Waals surface area contributed by atoms with Crippen molar-refractivity contribution in [3.63, 3.8) is 0 Å². The molecule has 1 aromatic carbocycles. The van der Waals surface area contributed by atoms with E-state index in [4.69, 9.17) is 5.73 Å². The number of carbonyl (C=O) groups is 4. The van der Waals surface area contributed by atoms with Crippen LogP contribution in [0.3, 0.4) is 0 Å². The van der Waals surface area contributed by atoms with E-state index >= 15 is 0 Å². The van der Waals surface area contributed by atoms with Gasteiger partial charge in [-0.2, -0.15) is 0 Å². The maximum Gasteiger partial charge on any atom is 0.326 e. The zero-order chi connectivity index (χ0) is 23.7. The van der Waals surface area contributed by atoms with E-state index in [1.54, 1.807) is 30.3 Å². The van der Waals surface area contributed by atoms with Gasteiger partial charge in [0.1, 0.15) is 24.2 Å². The first-order valence-electron chi connectivity index (χ1n) is 9.73. The van der Waals surface area contributed by atoms with E-state index in [2.05, 4.69) is 16.0 Å². The van der Waals surface area contributed by atoms with Crippen LogP contribution < -0.4 is 21.7 Å². The average molecular weight is 438 g/mol. The summed E-state index contributed by atoms with van der Waals surface area (Å²) in [5.74, 6) is -3.75. The molecule has 0 saturated heterocycles. The van der Waals surface area contributed by atoms with Crippen molar-refractivity contribution in [1.82, 2.24) is 16.0 Å². The van der Waals surface area contributed by atoms with Crippen LogP contribution in [0.15, 0.2) is 30.3 Å². The number of rotatable bonds is 11. The standard InChI is InChI=1S/C20H30N4O7/c1-10(22-18(28)15(21)11(2)25)17(27)24-16(12(3)26)19(29)23-14(20(30)31)9-13-7-5-4-6-8-13/h4-8,10-12,14-16,25-26H,9,21H2,1-3H3,(H,22,28)(H,23,29)(H,24,27)(H,30,31). The predicted molar refractivity (Wildman–Crippen MR) is 111 cm³/mol. The monoisotopic (exact) mass is 438 g/mol. The van der Waals surface area contributed by atoms with Gasteiger partial charge in [0.2, 0.25) is 17.7 Å². The Morgan fingerprint density at radius 3 is 1.94 bits per heavy atom. The Labute approximate surface area is 180 Å². The van der Waals surface area contributed by atoms with Crippen molar-refractivity contribution in [1.29, 1.82) is 0 Å². The number of amides is 3. The summed E-state index contributed by atoms with van der Waals surface area (Å²) in [4.78, 5) is 48.4. The van der Waals surface area contributed by atoms with Crippen molar-refractivity contribution in [2.75, 3.05) is 0 Å². The van der Waals surface area contributed by atoms with Crippen LogP contribution in [0.5, 0.6) is 0 Å². The molecular weight excluding hydrogens is 408 g/mol. The Morgan fingerprint density at radius 1 is 0.871 bits per heavy atom. The number of nitrogens with two attached hydrogens (primary N) is 1. The van der Waals surface area contributed by atoms with Crippen LogP contribution in [-0.2, 0) is 25.6 Å². The Bertz CT molecular complexity index is 770. The van der Waals surface area contributed by atoms with E-state index in [1.807, 2.05) is 0 Å². The molecule has 0 aliphatic heterocycles. The van der Waals surface area contributed by atoms with E-state index in [9.17, 15) is 34.5 Å². The minimum atomic E-state index is -1.46. The molecule has 31 heavy (non-hydrogen) atoms. The molecule has 0 fully saturated rings. The molecular formula is C20H30N4O7. The molecule has 11 heteroatoms. The normalized spacial score (nSPS) is 16.7. The van der Waals surface area contributed by atoms with Crippen molar-refractivity contribution in [3.8, 4) is 0 Å². The van der Waals surface area contributed by atoms with Crippen LogP contribution in [0.25, 0.3) is 0 Å². The van der Waals surface area contributed by atoms with Crippen molar-refractivity contribution >= 4 is 23.7 Å². The Hall–Kier alpha value is -3.02. The molecule has 1 aromatic rings. The lowest BCUT2D eigenvalue weighted by atomic mass is 10.0. The van der Waals surface area contributed by atoms with Crippen molar-refractivity contribution < 1.29 is 34.5 Å². The van der Waals surface area contributed by atoms with E-state index < -0.39 is 60.1 Å². The number of aliphatic hydroxyl groups excluding tert-OH is 2. The van der Waals surface area contributed by atoms with Crippen LogP contribution in [0, 0.1) is 0 Å². The lowest BCUT2D eigenvalue weighted by Gasteiger charge is -2.25. The van der Waals surface area contributed by atoms with Gasteiger partial charge in [-0.15, -0.1) is 0 Å². The van der Waals surface area contributed by atoms with Gasteiger partial charge in [-0.3, -0.25) is 14.4 Å². The topological polar surface area (TPSA) is 191 Å². The van der Waals surface area contributed by atoms with Gasteiger partial charge >= 0.3 is 5.97 Å². The van der Waals surface area contributed by atoms with Crippen molar-refractivity contribution in [3.05, 3.63) is 35.9 Å². The molecule has 6 unspecified atom stereocenters. The van der Waals surface area contributed by atoms with Crippen molar-refractivity contribution in [2.45, 2.75) is 63.6 Å². The summed E-state index contributed by atoms with van der Waals surface area (Å²) in [6.07, 6.45) is -2.48. The summed E-state index contributed by atoms with van der Waals surface area (Å²) in [6, 6.07) is 3.51. The quantitative estimate of drug-likeness (QED) is 0.204. The van der Waals surface area contributed by atoms with Crippen molar-refractivity contribution in [2.24, 2.45) is 5.73 Å². The number of carboxylic acids is 1. The smallest absolute Gasteiger partial charge is 0.326 e. The maximum absolute atomic E-state index is 12.6. The first-order chi connectivity index (χ1) is 14.4. The largest absolute Gasteiger partial charge is 0.480 e. The third-order valence-electron chi connectivity index (χ3n) is 4.53. The summed E-state index contributed by atoms with van der Waals surface area (Å²) in [5.41, 5.74) is 6.18. The third-order valence-corrected chi connectivity index (χ3v) is 4.53. The highest BCUT2D eigenvalue weighted by Crippen LogP contribution is 2.05. The number of nitrogens with one attached hydrogen (secondary N) is 3. The van der Waals surface area contributed by atoms with Gasteiger partial charge < -0.3 is 37.0 Å². The molecule has 0 saturated carbocycles. The number of hydrogen-bond donors (Lipinski definition) is 7. The van der Waals surface area contributed by atoms with Crippen LogP contribution in [-0.4, -0.2) is 75.4 Å². The molecule has 3 amide bonds. The fourth-order valence-corrected chi connectivity index (χ4v) is 2.59. The van der Waals surface area contributed by atoms with Gasteiger partial charge in [-0.05, 0) is 26.3 Å². The highest BCUT2D eigenvalue weighted by molar-refractivity contribution is 5.94. The van der Waals surface area contributed by atoms with Gasteiger partial charge in [-0.25, -0.2) is 4.79 Å². The molecule has 0 aromatic heterocycles. The number of hydrogen-bond acceptors (Lipinski definition) is 7. The first-order valence-corrected chi connectivity index (χ1v) is 9.73. The minimum Gasteiger partial charge on any atom is -0.480 e. The third kappa shape index (κ3) is 8.32. The number of carboxylic acid groups (broad SMARTS) is 1. The van der Waals surface area contributed by atoms with E-state index in [-0.39, 0.29) is 6.42 Å². The lowest BCUT2D eigenvalue weighted by Crippen LogP contribution is -2.60. The fraction of sp³-hybridized carbons (Fsp3) is 0.500. The molecule has 1 rings (SSSR count). The molecule has 0 bridgehead atoms. The molecule has 172 valence electrons. The Kier molecular flexibility index (Phi) is 10.1. The fourth-order valence-electron chi connectivity index (χ4n) is 2.59. The Morgan fingerprint density at radius 2 is 1.45 bits per heavy atom. The number of aliphatic hydroxyl groups is 2. The predicted octanol–water partition coefficient (Wildman–Crippen LogP) is -2.12. The number of benzene rings is 1. The summed E-state index contributed by atoms with van der Waals surface area (Å²) in [6.45, 7) is 3.90. The van der Waals surface area contributed by atoms with Gasteiger partial charge in [0, 0.05) is 6.42 Å². The van der Waals surface area contributed by atoms with E-state index in [0.29, 0.717) is 5.56 Å². The molecule has 0 heterocycles. The van der Waals surface area contributed by atoms with E-state index in [1.165, 1.54) is 20.8 Å². The minimum absolute atomic E-state index is 0.00603. The van der Waals surface area contributed by atoms with Crippen LogP contribution in [0.1, 0.15) is 26.3 Å².